The van der Waals surface area contributed by atoms with Crippen LogP contribution in [0.2, 0.25) is 0 Å². The van der Waals surface area contributed by atoms with Crippen molar-refractivity contribution in [3.8, 4) is 0 Å². The highest BCUT2D eigenvalue weighted by molar-refractivity contribution is 5.98. The molecule has 1 unspecified atom stereocenters. The summed E-state index contributed by atoms with van der Waals surface area (Å²) in [6.45, 7) is 2.15. The van der Waals surface area contributed by atoms with Crippen LogP contribution in [0.4, 0.5) is 10.1 Å². The van der Waals surface area contributed by atoms with Gasteiger partial charge in [0.25, 0.3) is 11.6 Å². The van der Waals surface area contributed by atoms with Crippen molar-refractivity contribution in [2.24, 2.45) is 0 Å². The number of nitro groups is 1. The van der Waals surface area contributed by atoms with Crippen LogP contribution in [0.3, 0.4) is 0 Å². The summed E-state index contributed by atoms with van der Waals surface area (Å²) >= 11 is 0. The first-order valence-electron chi connectivity index (χ1n) is 6.26. The number of β-amino-alcohol motifs (C(OH)–C–C–N with tert-alkyl or cyclic N) is 1. The molecule has 1 aromatic carbocycles. The maximum atomic E-state index is 13.1. The molecule has 1 atom stereocenters. The van der Waals surface area contributed by atoms with Crippen LogP contribution in [-0.2, 0) is 0 Å². The fourth-order valence-corrected chi connectivity index (χ4v) is 2.40. The summed E-state index contributed by atoms with van der Waals surface area (Å²) in [4.78, 5) is 23.8. The molecule has 0 bridgehead atoms. The summed E-state index contributed by atoms with van der Waals surface area (Å²) in [5.74, 6) is -1.32. The molecule has 7 heteroatoms. The molecule has 1 aliphatic heterocycles. The van der Waals surface area contributed by atoms with E-state index >= 15 is 0 Å². The van der Waals surface area contributed by atoms with E-state index in [9.17, 15) is 24.4 Å². The molecule has 108 valence electrons. The minimum atomic E-state index is -0.997. The molecule has 1 aromatic rings. The molecule has 0 saturated carbocycles. The predicted molar refractivity (Wildman–Crippen MR) is 68.8 cm³/mol. The van der Waals surface area contributed by atoms with Gasteiger partial charge in [-0.3, -0.25) is 14.9 Å². The summed E-state index contributed by atoms with van der Waals surface area (Å²) in [6.07, 6.45) is 1.19. The van der Waals surface area contributed by atoms with E-state index in [1.54, 1.807) is 6.92 Å². The van der Waals surface area contributed by atoms with E-state index < -0.39 is 27.9 Å². The Morgan fingerprint density at radius 1 is 1.55 bits per heavy atom. The van der Waals surface area contributed by atoms with Gasteiger partial charge in [0.15, 0.2) is 0 Å². The van der Waals surface area contributed by atoms with Crippen LogP contribution in [-0.4, -0.2) is 39.5 Å². The highest BCUT2D eigenvalue weighted by Gasteiger charge is 2.33. The molecule has 6 nitrogen and oxygen atoms in total. The number of hydrogen-bond acceptors (Lipinski definition) is 4. The SMILES string of the molecule is CC1(O)CCCN(C(=O)c2ccc(F)cc2[N+](=O)[O-])C1. The molecule has 0 spiro atoms. The lowest BCUT2D eigenvalue weighted by Gasteiger charge is -2.36. The Hall–Kier alpha value is -2.02. The average molecular weight is 282 g/mol. The minimum Gasteiger partial charge on any atom is -0.388 e. The number of nitrogens with zero attached hydrogens (tertiary/aromatic N) is 2. The van der Waals surface area contributed by atoms with Crippen LogP contribution in [0.1, 0.15) is 30.1 Å². The Labute approximate surface area is 115 Å². The quantitative estimate of drug-likeness (QED) is 0.661. The highest BCUT2D eigenvalue weighted by Crippen LogP contribution is 2.26. The number of piperidine rings is 1. The topological polar surface area (TPSA) is 83.7 Å². The lowest BCUT2D eigenvalue weighted by Crippen LogP contribution is -2.48. The van der Waals surface area contributed by atoms with Crippen molar-refractivity contribution in [1.29, 1.82) is 0 Å². The second-order valence-corrected chi connectivity index (χ2v) is 5.25. The Morgan fingerprint density at radius 3 is 2.85 bits per heavy atom. The minimum absolute atomic E-state index is 0.111. The standard InChI is InChI=1S/C13H15FN2O4/c1-13(18)5-2-6-15(8-13)12(17)10-4-3-9(14)7-11(10)16(19)20/h3-4,7,18H,2,5-6,8H2,1H3. The average Bonchev–Trinajstić information content (AvgIpc) is 2.36. The molecule has 1 fully saturated rings. The fraction of sp³-hybridized carbons (Fsp3) is 0.462. The van der Waals surface area contributed by atoms with Gasteiger partial charge in [0.2, 0.25) is 0 Å². The summed E-state index contributed by atoms with van der Waals surface area (Å²) in [7, 11) is 0. The summed E-state index contributed by atoms with van der Waals surface area (Å²) < 4.78 is 13.1. The van der Waals surface area contributed by atoms with Crippen molar-refractivity contribution >= 4 is 11.6 Å². The number of benzene rings is 1. The molecule has 0 radical (unpaired) electrons. The second-order valence-electron chi connectivity index (χ2n) is 5.25. The van der Waals surface area contributed by atoms with Gasteiger partial charge in [-0.15, -0.1) is 0 Å². The van der Waals surface area contributed by atoms with Crippen molar-refractivity contribution in [3.05, 3.63) is 39.7 Å². The number of carbonyl (C=O) groups excluding carboxylic acids is 1. The number of likely N-dealkylation sites (tertiary alicyclic amines) is 1. The first-order chi connectivity index (χ1) is 9.30. The summed E-state index contributed by atoms with van der Waals surface area (Å²) in [6, 6.07) is 2.86. The van der Waals surface area contributed by atoms with Gasteiger partial charge in [0.05, 0.1) is 16.6 Å². The Kier molecular flexibility index (Phi) is 3.71. The van der Waals surface area contributed by atoms with Crippen LogP contribution in [0.15, 0.2) is 18.2 Å². The molecular formula is C13H15FN2O4. The highest BCUT2D eigenvalue weighted by atomic mass is 19.1. The van der Waals surface area contributed by atoms with Gasteiger partial charge >= 0.3 is 0 Å². The Morgan fingerprint density at radius 2 is 2.25 bits per heavy atom. The van der Waals surface area contributed by atoms with Gasteiger partial charge in [0, 0.05) is 13.1 Å². The molecule has 2 rings (SSSR count). The molecular weight excluding hydrogens is 267 g/mol. The number of aliphatic hydroxyl groups is 1. The lowest BCUT2D eigenvalue weighted by atomic mass is 9.94. The van der Waals surface area contributed by atoms with E-state index in [2.05, 4.69) is 0 Å². The molecule has 1 amide bonds. The number of carbonyl (C=O) groups is 1. The molecule has 1 aliphatic rings. The zero-order valence-electron chi connectivity index (χ0n) is 11.0. The maximum Gasteiger partial charge on any atom is 0.285 e. The molecule has 0 aromatic heterocycles. The number of nitro benzene ring substituents is 1. The third-order valence-electron chi connectivity index (χ3n) is 3.35. The molecule has 20 heavy (non-hydrogen) atoms. The molecule has 1 heterocycles. The second kappa shape index (κ2) is 5.16. The van der Waals surface area contributed by atoms with Gasteiger partial charge in [-0.05, 0) is 31.9 Å². The van der Waals surface area contributed by atoms with Gasteiger partial charge in [0.1, 0.15) is 11.4 Å². The maximum absolute atomic E-state index is 13.1. The van der Waals surface area contributed by atoms with E-state index in [-0.39, 0.29) is 12.1 Å². The van der Waals surface area contributed by atoms with E-state index in [0.29, 0.717) is 19.4 Å². The van der Waals surface area contributed by atoms with Crippen molar-refractivity contribution in [2.75, 3.05) is 13.1 Å². The number of hydrogen-bond donors (Lipinski definition) is 1. The van der Waals surface area contributed by atoms with E-state index in [1.165, 1.54) is 4.90 Å². The summed E-state index contributed by atoms with van der Waals surface area (Å²) in [5.41, 5.74) is -1.71. The van der Waals surface area contributed by atoms with Crippen molar-refractivity contribution < 1.29 is 19.2 Å². The van der Waals surface area contributed by atoms with Crippen molar-refractivity contribution in [3.63, 3.8) is 0 Å². The third-order valence-corrected chi connectivity index (χ3v) is 3.35. The first kappa shape index (κ1) is 14.4. The number of halogens is 1. The fourth-order valence-electron chi connectivity index (χ4n) is 2.40. The zero-order chi connectivity index (χ0) is 14.9. The van der Waals surface area contributed by atoms with E-state index in [0.717, 1.165) is 18.2 Å². The van der Waals surface area contributed by atoms with Crippen LogP contribution < -0.4 is 0 Å². The molecule has 0 aliphatic carbocycles. The third kappa shape index (κ3) is 2.93. The Balaban J connectivity index is 2.31. The smallest absolute Gasteiger partial charge is 0.285 e. The monoisotopic (exact) mass is 282 g/mol. The van der Waals surface area contributed by atoms with E-state index in [1.807, 2.05) is 0 Å². The van der Waals surface area contributed by atoms with Crippen LogP contribution in [0.25, 0.3) is 0 Å². The zero-order valence-corrected chi connectivity index (χ0v) is 11.0. The van der Waals surface area contributed by atoms with E-state index in [4.69, 9.17) is 0 Å². The van der Waals surface area contributed by atoms with Gasteiger partial charge in [-0.2, -0.15) is 0 Å². The van der Waals surface area contributed by atoms with Gasteiger partial charge in [-0.25, -0.2) is 4.39 Å². The number of amides is 1. The van der Waals surface area contributed by atoms with Crippen molar-refractivity contribution in [1.82, 2.24) is 4.90 Å². The van der Waals surface area contributed by atoms with Crippen LogP contribution >= 0.6 is 0 Å². The largest absolute Gasteiger partial charge is 0.388 e. The molecule has 1 N–H and O–H groups in total. The normalized spacial score (nSPS) is 22.6. The first-order valence-corrected chi connectivity index (χ1v) is 6.26. The molecule has 1 saturated heterocycles. The predicted octanol–water partition coefficient (Wildman–Crippen LogP) is 1.72. The van der Waals surface area contributed by atoms with Crippen LogP contribution in [0, 0.1) is 15.9 Å². The summed E-state index contributed by atoms with van der Waals surface area (Å²) in [5, 5.41) is 20.9. The van der Waals surface area contributed by atoms with Gasteiger partial charge < -0.3 is 10.0 Å². The van der Waals surface area contributed by atoms with Gasteiger partial charge in [-0.1, -0.05) is 0 Å². The Bertz CT molecular complexity index is 559. The van der Waals surface area contributed by atoms with Crippen molar-refractivity contribution in [2.45, 2.75) is 25.4 Å². The number of rotatable bonds is 2. The van der Waals surface area contributed by atoms with Crippen LogP contribution in [0.5, 0.6) is 0 Å². The lowest BCUT2D eigenvalue weighted by molar-refractivity contribution is -0.385.